The third kappa shape index (κ3) is 3.02. The molecule has 0 amide bonds. The molecule has 1 atom stereocenters. The van der Waals surface area contributed by atoms with E-state index in [0.29, 0.717) is 6.04 Å². The van der Waals surface area contributed by atoms with Crippen molar-refractivity contribution in [2.75, 3.05) is 0 Å². The molecular formula is C19H21NS. The third-order valence-corrected chi connectivity index (χ3v) is 5.04. The van der Waals surface area contributed by atoms with Crippen LogP contribution in [-0.4, -0.2) is 0 Å². The average Bonchev–Trinajstić information content (AvgIpc) is 2.82. The van der Waals surface area contributed by atoms with Crippen molar-refractivity contribution in [3.63, 3.8) is 0 Å². The maximum atomic E-state index is 3.67. The molecule has 1 aromatic heterocycles. The highest BCUT2D eigenvalue weighted by atomic mass is 32.1. The van der Waals surface area contributed by atoms with Crippen molar-refractivity contribution in [2.24, 2.45) is 0 Å². The second kappa shape index (κ2) is 6.00. The Morgan fingerprint density at radius 2 is 1.81 bits per heavy atom. The van der Waals surface area contributed by atoms with Gasteiger partial charge in [0.05, 0.1) is 0 Å². The summed E-state index contributed by atoms with van der Waals surface area (Å²) < 4.78 is 0. The Kier molecular flexibility index (Phi) is 4.09. The highest BCUT2D eigenvalue weighted by Gasteiger charge is 2.10. The van der Waals surface area contributed by atoms with Gasteiger partial charge in [0, 0.05) is 22.3 Å². The van der Waals surface area contributed by atoms with Crippen LogP contribution in [0.3, 0.4) is 0 Å². The summed E-state index contributed by atoms with van der Waals surface area (Å²) in [6.07, 6.45) is 0. The molecule has 2 aromatic carbocycles. The number of aryl methyl sites for hydroxylation is 2. The minimum Gasteiger partial charge on any atom is -0.306 e. The Balaban J connectivity index is 1.81. The number of hydrogen-bond acceptors (Lipinski definition) is 2. The molecule has 0 aliphatic carbocycles. The van der Waals surface area contributed by atoms with Crippen LogP contribution in [0.4, 0.5) is 0 Å². The average molecular weight is 295 g/mol. The molecule has 1 heterocycles. The van der Waals surface area contributed by atoms with Gasteiger partial charge in [0.15, 0.2) is 0 Å². The number of benzene rings is 2. The van der Waals surface area contributed by atoms with Gasteiger partial charge in [-0.2, -0.15) is 0 Å². The van der Waals surface area contributed by atoms with Crippen molar-refractivity contribution >= 4 is 22.1 Å². The first-order chi connectivity index (χ1) is 10.1. The van der Waals surface area contributed by atoms with Gasteiger partial charge in [-0.05, 0) is 48.7 Å². The van der Waals surface area contributed by atoms with Crippen molar-refractivity contribution < 1.29 is 0 Å². The predicted octanol–water partition coefficient (Wildman–Crippen LogP) is 5.37. The maximum Gasteiger partial charge on any atom is 0.0301 e. The minimum absolute atomic E-state index is 0.343. The summed E-state index contributed by atoms with van der Waals surface area (Å²) in [7, 11) is 0. The molecule has 0 bridgehead atoms. The molecule has 3 rings (SSSR count). The standard InChI is InChI=1S/C19H21NS/c1-13-11-17(15(3)21-13)12-20-14(2)18-10-6-8-16-7-4-5-9-19(16)18/h4-11,14,20H,12H2,1-3H3. The van der Waals surface area contributed by atoms with Crippen molar-refractivity contribution in [3.8, 4) is 0 Å². The van der Waals surface area contributed by atoms with E-state index in [0.717, 1.165) is 6.54 Å². The first-order valence-electron chi connectivity index (χ1n) is 7.42. The number of hydrogen-bond donors (Lipinski definition) is 1. The molecule has 0 spiro atoms. The van der Waals surface area contributed by atoms with Crippen LogP contribution in [0.25, 0.3) is 10.8 Å². The molecule has 0 fully saturated rings. The molecule has 108 valence electrons. The van der Waals surface area contributed by atoms with E-state index in [1.165, 1.54) is 31.7 Å². The zero-order valence-electron chi connectivity index (χ0n) is 12.8. The monoisotopic (exact) mass is 295 g/mol. The zero-order valence-corrected chi connectivity index (χ0v) is 13.6. The summed E-state index contributed by atoms with van der Waals surface area (Å²) in [4.78, 5) is 2.81. The van der Waals surface area contributed by atoms with Crippen LogP contribution in [0.1, 0.15) is 33.8 Å². The fraction of sp³-hybridized carbons (Fsp3) is 0.263. The van der Waals surface area contributed by atoms with Gasteiger partial charge in [-0.1, -0.05) is 42.5 Å². The highest BCUT2D eigenvalue weighted by Crippen LogP contribution is 2.25. The van der Waals surface area contributed by atoms with E-state index in [2.05, 4.69) is 74.6 Å². The van der Waals surface area contributed by atoms with Crippen LogP contribution in [0.5, 0.6) is 0 Å². The lowest BCUT2D eigenvalue weighted by atomic mass is 9.99. The van der Waals surface area contributed by atoms with Gasteiger partial charge in [-0.3, -0.25) is 0 Å². The van der Waals surface area contributed by atoms with Crippen molar-refractivity contribution in [3.05, 3.63) is 69.4 Å². The topological polar surface area (TPSA) is 12.0 Å². The third-order valence-electron chi connectivity index (χ3n) is 4.03. The Morgan fingerprint density at radius 3 is 2.57 bits per heavy atom. The van der Waals surface area contributed by atoms with Crippen molar-refractivity contribution in [2.45, 2.75) is 33.4 Å². The summed E-state index contributed by atoms with van der Waals surface area (Å²) in [5, 5.41) is 6.33. The Morgan fingerprint density at radius 1 is 1.05 bits per heavy atom. The Bertz CT molecular complexity index is 752. The largest absolute Gasteiger partial charge is 0.306 e. The lowest BCUT2D eigenvalue weighted by Gasteiger charge is -2.16. The predicted molar refractivity (Wildman–Crippen MR) is 93.0 cm³/mol. The first kappa shape index (κ1) is 14.3. The molecule has 21 heavy (non-hydrogen) atoms. The Labute approximate surface area is 130 Å². The van der Waals surface area contributed by atoms with Crippen molar-refractivity contribution in [1.82, 2.24) is 5.32 Å². The van der Waals surface area contributed by atoms with E-state index >= 15 is 0 Å². The molecule has 0 radical (unpaired) electrons. The first-order valence-corrected chi connectivity index (χ1v) is 8.24. The van der Waals surface area contributed by atoms with Crippen LogP contribution in [0, 0.1) is 13.8 Å². The highest BCUT2D eigenvalue weighted by molar-refractivity contribution is 7.12. The number of thiophene rings is 1. The van der Waals surface area contributed by atoms with Crippen LogP contribution in [0.15, 0.2) is 48.5 Å². The van der Waals surface area contributed by atoms with E-state index in [-0.39, 0.29) is 0 Å². The van der Waals surface area contributed by atoms with E-state index in [1.54, 1.807) is 0 Å². The molecule has 2 heteroatoms. The van der Waals surface area contributed by atoms with Crippen molar-refractivity contribution in [1.29, 1.82) is 0 Å². The van der Waals surface area contributed by atoms with Gasteiger partial charge in [0.1, 0.15) is 0 Å². The fourth-order valence-corrected chi connectivity index (χ4v) is 3.81. The quantitative estimate of drug-likeness (QED) is 0.682. The van der Waals surface area contributed by atoms with Gasteiger partial charge in [-0.25, -0.2) is 0 Å². The fourth-order valence-electron chi connectivity index (χ4n) is 2.86. The molecule has 3 aromatic rings. The molecule has 0 saturated heterocycles. The SMILES string of the molecule is Cc1cc(CNC(C)c2cccc3ccccc23)c(C)s1. The minimum atomic E-state index is 0.343. The summed E-state index contributed by atoms with van der Waals surface area (Å²) in [5.41, 5.74) is 2.79. The van der Waals surface area contributed by atoms with E-state index < -0.39 is 0 Å². The Hall–Kier alpha value is -1.64. The smallest absolute Gasteiger partial charge is 0.0301 e. The maximum absolute atomic E-state index is 3.67. The number of nitrogens with one attached hydrogen (secondary N) is 1. The van der Waals surface area contributed by atoms with E-state index in [4.69, 9.17) is 0 Å². The van der Waals surface area contributed by atoms with Gasteiger partial charge in [0.2, 0.25) is 0 Å². The molecule has 0 aliphatic heterocycles. The second-order valence-corrected chi connectivity index (χ2v) is 7.07. The van der Waals surface area contributed by atoms with Gasteiger partial charge in [0.25, 0.3) is 0 Å². The van der Waals surface area contributed by atoms with Crippen LogP contribution in [0.2, 0.25) is 0 Å². The molecule has 0 saturated carbocycles. The van der Waals surface area contributed by atoms with Gasteiger partial charge >= 0.3 is 0 Å². The molecular weight excluding hydrogens is 274 g/mol. The summed E-state index contributed by atoms with van der Waals surface area (Å²) in [5.74, 6) is 0. The normalized spacial score (nSPS) is 12.7. The molecule has 1 N–H and O–H groups in total. The van der Waals surface area contributed by atoms with E-state index in [1.807, 2.05) is 11.3 Å². The summed E-state index contributed by atoms with van der Waals surface area (Å²) in [6.45, 7) is 7.56. The summed E-state index contributed by atoms with van der Waals surface area (Å²) in [6, 6.07) is 17.8. The van der Waals surface area contributed by atoms with Crippen LogP contribution < -0.4 is 5.32 Å². The van der Waals surface area contributed by atoms with E-state index in [9.17, 15) is 0 Å². The second-order valence-electron chi connectivity index (χ2n) is 5.61. The summed E-state index contributed by atoms with van der Waals surface area (Å²) >= 11 is 1.88. The van der Waals surface area contributed by atoms with Crippen LogP contribution in [-0.2, 0) is 6.54 Å². The zero-order chi connectivity index (χ0) is 14.8. The van der Waals surface area contributed by atoms with Gasteiger partial charge < -0.3 is 5.32 Å². The van der Waals surface area contributed by atoms with Crippen LogP contribution >= 0.6 is 11.3 Å². The number of fused-ring (bicyclic) bond motifs is 1. The van der Waals surface area contributed by atoms with Gasteiger partial charge in [-0.15, -0.1) is 11.3 Å². The lowest BCUT2D eigenvalue weighted by molar-refractivity contribution is 0.578. The molecule has 1 unspecified atom stereocenters. The number of rotatable bonds is 4. The molecule has 0 aliphatic rings. The molecule has 1 nitrogen and oxygen atoms in total. The lowest BCUT2D eigenvalue weighted by Crippen LogP contribution is -2.18.